The summed E-state index contributed by atoms with van der Waals surface area (Å²) in [5.74, 6) is 2.65. The number of carbonyl (C=O) groups is 1. The minimum atomic E-state index is 0.180. The molecular formula is C18H26N4OS. The molecule has 0 saturated carbocycles. The average Bonchev–Trinajstić information content (AvgIpc) is 3.23. The van der Waals surface area contributed by atoms with Gasteiger partial charge in [0.05, 0.1) is 0 Å². The standard InChI is InChI=1S/C18H26N4OS/c1-3-4-9-22-18(15-7-10-21(11-8-15)14(2)23)19-17(20-22)13-16-6-5-12-24-16/h5-6,12,15H,3-4,7-11,13H2,1-2H3. The van der Waals surface area contributed by atoms with Gasteiger partial charge in [-0.25, -0.2) is 9.67 Å². The van der Waals surface area contributed by atoms with Crippen LogP contribution < -0.4 is 0 Å². The Morgan fingerprint density at radius 1 is 1.38 bits per heavy atom. The average molecular weight is 347 g/mol. The normalized spacial score (nSPS) is 15.8. The van der Waals surface area contributed by atoms with Crippen LogP contribution in [-0.2, 0) is 17.8 Å². The molecule has 0 bridgehead atoms. The van der Waals surface area contributed by atoms with Gasteiger partial charge in [-0.15, -0.1) is 11.3 Å². The molecule has 0 spiro atoms. The Morgan fingerprint density at radius 2 is 2.17 bits per heavy atom. The van der Waals surface area contributed by atoms with E-state index in [1.807, 2.05) is 4.90 Å². The first kappa shape index (κ1) is 17.1. The summed E-state index contributed by atoms with van der Waals surface area (Å²) in [7, 11) is 0. The van der Waals surface area contributed by atoms with E-state index in [0.717, 1.165) is 63.4 Å². The largest absolute Gasteiger partial charge is 0.343 e. The second kappa shape index (κ2) is 7.92. The molecule has 2 aromatic heterocycles. The molecule has 0 radical (unpaired) electrons. The minimum absolute atomic E-state index is 0.180. The zero-order valence-corrected chi connectivity index (χ0v) is 15.4. The van der Waals surface area contributed by atoms with Crippen molar-refractivity contribution in [3.05, 3.63) is 34.0 Å². The molecule has 0 N–H and O–H groups in total. The Kier molecular flexibility index (Phi) is 5.66. The van der Waals surface area contributed by atoms with Crippen LogP contribution in [0.15, 0.2) is 17.5 Å². The van der Waals surface area contributed by atoms with Crippen molar-refractivity contribution in [3.63, 3.8) is 0 Å². The van der Waals surface area contributed by atoms with Crippen LogP contribution in [0, 0.1) is 0 Å². The highest BCUT2D eigenvalue weighted by Gasteiger charge is 2.26. The maximum absolute atomic E-state index is 11.5. The van der Waals surface area contributed by atoms with E-state index >= 15 is 0 Å². The maximum Gasteiger partial charge on any atom is 0.219 e. The number of unbranched alkanes of at least 4 members (excludes halogenated alkanes) is 1. The van der Waals surface area contributed by atoms with Gasteiger partial charge in [0.15, 0.2) is 5.82 Å². The van der Waals surface area contributed by atoms with Crippen molar-refractivity contribution in [1.82, 2.24) is 19.7 Å². The fraction of sp³-hybridized carbons (Fsp3) is 0.611. The van der Waals surface area contributed by atoms with Crippen LogP contribution in [0.3, 0.4) is 0 Å². The monoisotopic (exact) mass is 346 g/mol. The van der Waals surface area contributed by atoms with Crippen molar-refractivity contribution >= 4 is 17.2 Å². The van der Waals surface area contributed by atoms with Crippen LogP contribution in [0.25, 0.3) is 0 Å². The Hall–Kier alpha value is -1.69. The van der Waals surface area contributed by atoms with Crippen LogP contribution in [0.2, 0.25) is 0 Å². The van der Waals surface area contributed by atoms with Gasteiger partial charge in [0, 0.05) is 43.8 Å². The van der Waals surface area contributed by atoms with Crippen molar-refractivity contribution in [2.24, 2.45) is 0 Å². The second-order valence-electron chi connectivity index (χ2n) is 6.50. The first-order valence-electron chi connectivity index (χ1n) is 8.89. The molecule has 6 heteroatoms. The lowest BCUT2D eigenvalue weighted by Gasteiger charge is -2.30. The van der Waals surface area contributed by atoms with Crippen LogP contribution in [0.4, 0.5) is 0 Å². The van der Waals surface area contributed by atoms with Gasteiger partial charge in [-0.05, 0) is 30.7 Å². The summed E-state index contributed by atoms with van der Waals surface area (Å²) in [5, 5.41) is 6.88. The van der Waals surface area contributed by atoms with Crippen molar-refractivity contribution in [2.45, 2.75) is 58.4 Å². The van der Waals surface area contributed by atoms with Gasteiger partial charge in [-0.3, -0.25) is 4.79 Å². The number of piperidine rings is 1. The number of aryl methyl sites for hydroxylation is 1. The first-order chi connectivity index (χ1) is 11.7. The van der Waals surface area contributed by atoms with Crippen LogP contribution >= 0.6 is 11.3 Å². The molecule has 0 atom stereocenters. The predicted molar refractivity (Wildman–Crippen MR) is 96.3 cm³/mol. The summed E-state index contributed by atoms with van der Waals surface area (Å²) in [6, 6.07) is 4.22. The number of amides is 1. The third-order valence-corrected chi connectivity index (χ3v) is 5.56. The van der Waals surface area contributed by atoms with E-state index < -0.39 is 0 Å². The molecular weight excluding hydrogens is 320 g/mol. The lowest BCUT2D eigenvalue weighted by Crippen LogP contribution is -2.37. The van der Waals surface area contributed by atoms with E-state index in [0.29, 0.717) is 5.92 Å². The second-order valence-corrected chi connectivity index (χ2v) is 7.53. The summed E-state index contributed by atoms with van der Waals surface area (Å²) >= 11 is 1.76. The molecule has 130 valence electrons. The molecule has 1 fully saturated rings. The van der Waals surface area contributed by atoms with Gasteiger partial charge < -0.3 is 4.90 Å². The van der Waals surface area contributed by atoms with E-state index in [4.69, 9.17) is 10.1 Å². The summed E-state index contributed by atoms with van der Waals surface area (Å²) < 4.78 is 2.13. The van der Waals surface area contributed by atoms with E-state index in [1.54, 1.807) is 18.3 Å². The first-order valence-corrected chi connectivity index (χ1v) is 9.77. The van der Waals surface area contributed by atoms with Gasteiger partial charge in [-0.1, -0.05) is 19.4 Å². The quantitative estimate of drug-likeness (QED) is 0.805. The maximum atomic E-state index is 11.5. The third-order valence-electron chi connectivity index (χ3n) is 4.69. The number of rotatable bonds is 6. The number of thiophene rings is 1. The number of nitrogens with zero attached hydrogens (tertiary/aromatic N) is 4. The number of carbonyl (C=O) groups excluding carboxylic acids is 1. The zero-order valence-electron chi connectivity index (χ0n) is 14.6. The molecule has 2 aromatic rings. The minimum Gasteiger partial charge on any atom is -0.343 e. The van der Waals surface area contributed by atoms with Gasteiger partial charge in [-0.2, -0.15) is 5.10 Å². The molecule has 5 nitrogen and oxygen atoms in total. The molecule has 3 heterocycles. The topological polar surface area (TPSA) is 51.0 Å². The van der Waals surface area contributed by atoms with Crippen molar-refractivity contribution in [2.75, 3.05) is 13.1 Å². The van der Waals surface area contributed by atoms with Crippen molar-refractivity contribution < 1.29 is 4.79 Å². The van der Waals surface area contributed by atoms with E-state index in [9.17, 15) is 4.79 Å². The Balaban J connectivity index is 1.75. The van der Waals surface area contributed by atoms with Gasteiger partial charge >= 0.3 is 0 Å². The van der Waals surface area contributed by atoms with Crippen LogP contribution in [0.1, 0.15) is 62.0 Å². The smallest absolute Gasteiger partial charge is 0.219 e. The molecule has 0 unspecified atom stereocenters. The number of hydrogen-bond acceptors (Lipinski definition) is 4. The Morgan fingerprint density at radius 3 is 2.79 bits per heavy atom. The molecule has 3 rings (SSSR count). The van der Waals surface area contributed by atoms with Gasteiger partial charge in [0.25, 0.3) is 0 Å². The van der Waals surface area contributed by atoms with Gasteiger partial charge in [0.2, 0.25) is 5.91 Å². The van der Waals surface area contributed by atoms with Crippen LogP contribution in [0.5, 0.6) is 0 Å². The lowest BCUT2D eigenvalue weighted by molar-refractivity contribution is -0.129. The molecule has 24 heavy (non-hydrogen) atoms. The highest BCUT2D eigenvalue weighted by Crippen LogP contribution is 2.27. The molecule has 1 saturated heterocycles. The number of hydrogen-bond donors (Lipinski definition) is 0. The molecule has 1 aliphatic heterocycles. The van der Waals surface area contributed by atoms with E-state index in [2.05, 4.69) is 29.1 Å². The summed E-state index contributed by atoms with van der Waals surface area (Å²) in [5.41, 5.74) is 0. The number of aromatic nitrogens is 3. The highest BCUT2D eigenvalue weighted by molar-refractivity contribution is 7.09. The molecule has 0 aromatic carbocycles. The lowest BCUT2D eigenvalue weighted by atomic mass is 9.96. The summed E-state index contributed by atoms with van der Waals surface area (Å²) in [4.78, 5) is 19.7. The number of likely N-dealkylation sites (tertiary alicyclic amines) is 1. The molecule has 1 aliphatic rings. The summed E-state index contributed by atoms with van der Waals surface area (Å²) in [6.45, 7) is 6.47. The Bertz CT molecular complexity index is 657. The molecule has 0 aliphatic carbocycles. The predicted octanol–water partition coefficient (Wildman–Crippen LogP) is 3.46. The Labute approximate surface area is 147 Å². The fourth-order valence-electron chi connectivity index (χ4n) is 3.27. The fourth-order valence-corrected chi connectivity index (χ4v) is 3.98. The summed E-state index contributed by atoms with van der Waals surface area (Å²) in [6.07, 6.45) is 5.07. The van der Waals surface area contributed by atoms with Crippen molar-refractivity contribution in [3.8, 4) is 0 Å². The van der Waals surface area contributed by atoms with E-state index in [-0.39, 0.29) is 5.91 Å². The third kappa shape index (κ3) is 4.04. The van der Waals surface area contributed by atoms with E-state index in [1.165, 1.54) is 4.88 Å². The SMILES string of the molecule is CCCCn1nc(Cc2cccs2)nc1C1CCN(C(C)=O)CC1. The van der Waals surface area contributed by atoms with Gasteiger partial charge in [0.1, 0.15) is 5.82 Å². The zero-order chi connectivity index (χ0) is 16.9. The highest BCUT2D eigenvalue weighted by atomic mass is 32.1. The van der Waals surface area contributed by atoms with Crippen molar-refractivity contribution in [1.29, 1.82) is 0 Å². The molecule has 1 amide bonds. The van der Waals surface area contributed by atoms with Crippen LogP contribution in [-0.4, -0.2) is 38.7 Å².